The highest BCUT2D eigenvalue weighted by Gasteiger charge is 2.40. The first-order valence-corrected chi connectivity index (χ1v) is 6.39. The first-order chi connectivity index (χ1) is 8.92. The van der Waals surface area contributed by atoms with Crippen molar-refractivity contribution in [1.82, 2.24) is 0 Å². The van der Waals surface area contributed by atoms with Crippen LogP contribution in [0.2, 0.25) is 0 Å². The van der Waals surface area contributed by atoms with Gasteiger partial charge in [-0.1, -0.05) is 13.8 Å². The van der Waals surface area contributed by atoms with Gasteiger partial charge in [0.15, 0.2) is 0 Å². The van der Waals surface area contributed by atoms with E-state index in [1.165, 1.54) is 0 Å². The van der Waals surface area contributed by atoms with Crippen LogP contribution in [0.4, 0.5) is 14.5 Å². The van der Waals surface area contributed by atoms with Gasteiger partial charge in [-0.05, 0) is 25.0 Å². The van der Waals surface area contributed by atoms with Gasteiger partial charge in [-0.3, -0.25) is 0 Å². The van der Waals surface area contributed by atoms with Crippen molar-refractivity contribution in [2.45, 2.75) is 26.7 Å². The van der Waals surface area contributed by atoms with E-state index >= 15 is 0 Å². The summed E-state index contributed by atoms with van der Waals surface area (Å²) >= 11 is 0. The molecule has 1 aliphatic rings. The van der Waals surface area contributed by atoms with Gasteiger partial charge in [0, 0.05) is 24.2 Å². The zero-order valence-electron chi connectivity index (χ0n) is 11.0. The summed E-state index contributed by atoms with van der Waals surface area (Å²) in [5, 5.41) is 8.71. The summed E-state index contributed by atoms with van der Waals surface area (Å²) in [7, 11) is 0. The number of rotatable bonds is 4. The molecule has 1 aromatic carbocycles. The van der Waals surface area contributed by atoms with Crippen molar-refractivity contribution < 1.29 is 18.7 Å². The number of carbonyl (C=O) groups is 1. The van der Waals surface area contributed by atoms with Crippen LogP contribution >= 0.6 is 0 Å². The van der Waals surface area contributed by atoms with Crippen LogP contribution < -0.4 is 4.90 Å². The molecular formula is C14H17F2NO2. The van der Waals surface area contributed by atoms with Gasteiger partial charge < -0.3 is 10.0 Å². The van der Waals surface area contributed by atoms with E-state index in [2.05, 4.69) is 13.8 Å². The number of halogens is 2. The fraction of sp³-hybridized carbons (Fsp3) is 0.500. The van der Waals surface area contributed by atoms with Gasteiger partial charge in [-0.25, -0.2) is 13.6 Å². The van der Waals surface area contributed by atoms with E-state index in [0.29, 0.717) is 5.69 Å². The highest BCUT2D eigenvalue weighted by molar-refractivity contribution is 5.88. The molecule has 2 rings (SSSR count). The van der Waals surface area contributed by atoms with Gasteiger partial charge in [-0.15, -0.1) is 0 Å². The summed E-state index contributed by atoms with van der Waals surface area (Å²) in [6, 6.07) is 2.20. The van der Waals surface area contributed by atoms with Crippen LogP contribution in [-0.2, 0) is 0 Å². The Morgan fingerprint density at radius 1 is 1.26 bits per heavy atom. The molecule has 0 atom stereocenters. The first-order valence-electron chi connectivity index (χ1n) is 6.39. The minimum absolute atomic E-state index is 0.221. The van der Waals surface area contributed by atoms with Crippen LogP contribution in [0.5, 0.6) is 0 Å². The lowest BCUT2D eigenvalue weighted by Gasteiger charge is -2.51. The molecule has 1 fully saturated rings. The molecule has 1 saturated heterocycles. The van der Waals surface area contributed by atoms with Crippen LogP contribution in [-0.4, -0.2) is 24.2 Å². The predicted molar refractivity (Wildman–Crippen MR) is 68.5 cm³/mol. The largest absolute Gasteiger partial charge is 0.477 e. The summed E-state index contributed by atoms with van der Waals surface area (Å²) in [6.07, 6.45) is 2.05. The summed E-state index contributed by atoms with van der Waals surface area (Å²) < 4.78 is 27.2. The minimum atomic E-state index is -1.58. The first kappa shape index (κ1) is 13.8. The topological polar surface area (TPSA) is 40.5 Å². The van der Waals surface area contributed by atoms with Crippen LogP contribution in [0.1, 0.15) is 37.0 Å². The van der Waals surface area contributed by atoms with Crippen molar-refractivity contribution in [2.24, 2.45) is 5.41 Å². The van der Waals surface area contributed by atoms with Crippen LogP contribution in [0.3, 0.4) is 0 Å². The van der Waals surface area contributed by atoms with Gasteiger partial charge in [-0.2, -0.15) is 0 Å². The third-order valence-electron chi connectivity index (χ3n) is 4.16. The molecule has 0 amide bonds. The molecule has 19 heavy (non-hydrogen) atoms. The maximum atomic E-state index is 13.6. The molecule has 104 valence electrons. The third-order valence-corrected chi connectivity index (χ3v) is 4.16. The van der Waals surface area contributed by atoms with Crippen molar-refractivity contribution in [1.29, 1.82) is 0 Å². The van der Waals surface area contributed by atoms with E-state index in [4.69, 9.17) is 5.11 Å². The number of benzene rings is 1. The molecular weight excluding hydrogens is 252 g/mol. The van der Waals surface area contributed by atoms with Gasteiger partial charge in [0.2, 0.25) is 0 Å². The van der Waals surface area contributed by atoms with E-state index in [0.717, 1.165) is 38.1 Å². The number of carboxylic acid groups (broad SMARTS) is 1. The van der Waals surface area contributed by atoms with Gasteiger partial charge in [0.25, 0.3) is 0 Å². The molecule has 5 heteroatoms. The molecule has 0 unspecified atom stereocenters. The zero-order chi connectivity index (χ0) is 14.2. The summed E-state index contributed by atoms with van der Waals surface area (Å²) in [6.45, 7) is 5.72. The molecule has 0 aliphatic carbocycles. The van der Waals surface area contributed by atoms with Gasteiger partial charge >= 0.3 is 5.97 Å². The molecule has 0 aromatic heterocycles. The maximum absolute atomic E-state index is 13.6. The zero-order valence-corrected chi connectivity index (χ0v) is 11.0. The Morgan fingerprint density at radius 2 is 1.74 bits per heavy atom. The fourth-order valence-electron chi connectivity index (χ4n) is 2.59. The summed E-state index contributed by atoms with van der Waals surface area (Å²) in [5.74, 6) is -3.62. The Morgan fingerprint density at radius 3 is 2.11 bits per heavy atom. The molecule has 3 nitrogen and oxygen atoms in total. The standard InChI is InChI=1S/C14H17F2NO2/c1-3-14(4-2)7-17(8-14)9-5-10(15)12(13(18)19)11(16)6-9/h5-6H,3-4,7-8H2,1-2H3,(H,18,19). The molecule has 0 spiro atoms. The van der Waals surface area contributed by atoms with Crippen LogP contribution in [0, 0.1) is 17.0 Å². The summed E-state index contributed by atoms with van der Waals surface area (Å²) in [4.78, 5) is 12.6. The Kier molecular flexibility index (Phi) is 3.47. The van der Waals surface area contributed by atoms with Gasteiger partial charge in [0.1, 0.15) is 17.2 Å². The number of aromatic carboxylic acids is 1. The number of hydrogen-bond donors (Lipinski definition) is 1. The minimum Gasteiger partial charge on any atom is -0.477 e. The van der Waals surface area contributed by atoms with Crippen molar-refractivity contribution in [3.05, 3.63) is 29.3 Å². The second-order valence-corrected chi connectivity index (χ2v) is 5.15. The normalized spacial score (nSPS) is 17.2. The molecule has 0 radical (unpaired) electrons. The average molecular weight is 269 g/mol. The molecule has 1 N–H and O–H groups in total. The van der Waals surface area contributed by atoms with E-state index in [9.17, 15) is 13.6 Å². The van der Waals surface area contributed by atoms with E-state index < -0.39 is 23.2 Å². The Hall–Kier alpha value is -1.65. The molecule has 1 aromatic rings. The second kappa shape index (κ2) is 4.79. The lowest BCUT2D eigenvalue weighted by Crippen LogP contribution is -2.56. The summed E-state index contributed by atoms with van der Waals surface area (Å²) in [5.41, 5.74) is -0.252. The molecule has 0 saturated carbocycles. The molecule has 0 bridgehead atoms. The van der Waals surface area contributed by atoms with E-state index in [-0.39, 0.29) is 5.41 Å². The number of anilines is 1. The molecule has 1 heterocycles. The Balaban J connectivity index is 2.23. The molecule has 1 aliphatic heterocycles. The van der Waals surface area contributed by atoms with Crippen LogP contribution in [0.25, 0.3) is 0 Å². The Labute approximate surface area is 110 Å². The lowest BCUT2D eigenvalue weighted by molar-refractivity contribution is 0.0686. The second-order valence-electron chi connectivity index (χ2n) is 5.15. The van der Waals surface area contributed by atoms with Crippen molar-refractivity contribution in [3.63, 3.8) is 0 Å². The van der Waals surface area contributed by atoms with Gasteiger partial charge in [0.05, 0.1) is 0 Å². The lowest BCUT2D eigenvalue weighted by atomic mass is 9.75. The fourth-order valence-corrected chi connectivity index (χ4v) is 2.59. The quantitative estimate of drug-likeness (QED) is 0.911. The van der Waals surface area contributed by atoms with E-state index in [1.807, 2.05) is 4.90 Å². The van der Waals surface area contributed by atoms with Crippen molar-refractivity contribution >= 4 is 11.7 Å². The number of hydrogen-bond acceptors (Lipinski definition) is 2. The Bertz CT molecular complexity index is 481. The number of nitrogens with zero attached hydrogens (tertiary/aromatic N) is 1. The van der Waals surface area contributed by atoms with Crippen molar-refractivity contribution in [2.75, 3.05) is 18.0 Å². The highest BCUT2D eigenvalue weighted by Crippen LogP contribution is 2.40. The van der Waals surface area contributed by atoms with E-state index in [1.54, 1.807) is 0 Å². The van der Waals surface area contributed by atoms with Crippen LogP contribution in [0.15, 0.2) is 12.1 Å². The third kappa shape index (κ3) is 2.29. The van der Waals surface area contributed by atoms with Crippen molar-refractivity contribution in [3.8, 4) is 0 Å². The highest BCUT2D eigenvalue weighted by atomic mass is 19.1. The maximum Gasteiger partial charge on any atom is 0.341 e. The average Bonchev–Trinajstić information content (AvgIpc) is 2.27. The smallest absolute Gasteiger partial charge is 0.341 e. The predicted octanol–water partition coefficient (Wildman–Crippen LogP) is 3.29. The SMILES string of the molecule is CCC1(CC)CN(c2cc(F)c(C(=O)O)c(F)c2)C1. The number of carboxylic acids is 1. The monoisotopic (exact) mass is 269 g/mol.